The average Bonchev–Trinajstić information content (AvgIpc) is 2.38. The van der Waals surface area contributed by atoms with Crippen molar-refractivity contribution in [3.05, 3.63) is 48.0 Å². The van der Waals surface area contributed by atoms with Gasteiger partial charge in [-0.1, -0.05) is 30.4 Å². The van der Waals surface area contributed by atoms with Crippen molar-refractivity contribution in [3.8, 4) is 5.75 Å². The van der Waals surface area contributed by atoms with Crippen molar-refractivity contribution in [2.45, 2.75) is 6.42 Å². The summed E-state index contributed by atoms with van der Waals surface area (Å²) >= 11 is 0. The van der Waals surface area contributed by atoms with Crippen LogP contribution in [0.15, 0.2) is 42.5 Å². The van der Waals surface area contributed by atoms with Crippen LogP contribution in [0, 0.1) is 0 Å². The number of carbonyl (C=O) groups is 1. The minimum absolute atomic E-state index is 0.248. The summed E-state index contributed by atoms with van der Waals surface area (Å²) < 4.78 is 4.55. The molecule has 1 N–H and O–H groups in total. The average molecular weight is 242 g/mol. The molecule has 92 valence electrons. The van der Waals surface area contributed by atoms with Gasteiger partial charge in [-0.25, -0.2) is 0 Å². The third-order valence-corrected chi connectivity index (χ3v) is 2.67. The van der Waals surface area contributed by atoms with Crippen molar-refractivity contribution < 1.29 is 14.6 Å². The lowest BCUT2D eigenvalue weighted by molar-refractivity contribution is -0.139. The Morgan fingerprint density at radius 1 is 1.22 bits per heavy atom. The Bertz CT molecular complexity index is 600. The number of benzene rings is 2. The highest BCUT2D eigenvalue weighted by atomic mass is 16.5. The van der Waals surface area contributed by atoms with Crippen molar-refractivity contribution >= 4 is 22.8 Å². The molecule has 2 rings (SSSR count). The van der Waals surface area contributed by atoms with Gasteiger partial charge < -0.3 is 9.84 Å². The maximum absolute atomic E-state index is 11.0. The van der Waals surface area contributed by atoms with Crippen LogP contribution in [0.3, 0.4) is 0 Å². The summed E-state index contributed by atoms with van der Waals surface area (Å²) in [6, 6.07) is 11.2. The van der Waals surface area contributed by atoms with Crippen molar-refractivity contribution in [3.63, 3.8) is 0 Å². The monoisotopic (exact) mass is 242 g/mol. The van der Waals surface area contributed by atoms with E-state index in [-0.39, 0.29) is 18.1 Å². The molecule has 3 nitrogen and oxygen atoms in total. The van der Waals surface area contributed by atoms with E-state index >= 15 is 0 Å². The highest BCUT2D eigenvalue weighted by molar-refractivity contribution is 5.86. The van der Waals surface area contributed by atoms with Gasteiger partial charge in [-0.3, -0.25) is 4.79 Å². The molecule has 2 aromatic carbocycles. The Kier molecular flexibility index (Phi) is 3.63. The van der Waals surface area contributed by atoms with Crippen LogP contribution in [-0.4, -0.2) is 18.2 Å². The quantitative estimate of drug-likeness (QED) is 0.841. The normalized spacial score (nSPS) is 10.9. The Balaban J connectivity index is 2.21. The molecular formula is C15H14O3. The first-order valence-electron chi connectivity index (χ1n) is 5.65. The van der Waals surface area contributed by atoms with E-state index < -0.39 is 0 Å². The van der Waals surface area contributed by atoms with E-state index in [1.54, 1.807) is 18.2 Å². The first-order chi connectivity index (χ1) is 8.69. The first-order valence-corrected chi connectivity index (χ1v) is 5.65. The number of phenolic OH excluding ortho intramolecular Hbond substituents is 1. The smallest absolute Gasteiger partial charge is 0.309 e. The molecule has 18 heavy (non-hydrogen) atoms. The molecule has 0 saturated carbocycles. The van der Waals surface area contributed by atoms with Gasteiger partial charge in [-0.2, -0.15) is 0 Å². The van der Waals surface area contributed by atoms with Crippen molar-refractivity contribution in [2.24, 2.45) is 0 Å². The Hall–Kier alpha value is -2.29. The summed E-state index contributed by atoms with van der Waals surface area (Å²) in [6.07, 6.45) is 3.88. The molecule has 0 aliphatic heterocycles. The zero-order valence-corrected chi connectivity index (χ0v) is 10.1. The van der Waals surface area contributed by atoms with Gasteiger partial charge in [0.15, 0.2) is 0 Å². The number of rotatable bonds is 3. The van der Waals surface area contributed by atoms with Crippen LogP contribution in [0.25, 0.3) is 16.8 Å². The van der Waals surface area contributed by atoms with Gasteiger partial charge in [0, 0.05) is 0 Å². The number of phenols is 1. The fourth-order valence-electron chi connectivity index (χ4n) is 1.73. The van der Waals surface area contributed by atoms with Gasteiger partial charge >= 0.3 is 5.97 Å². The van der Waals surface area contributed by atoms with E-state index in [1.165, 1.54) is 7.11 Å². The highest BCUT2D eigenvalue weighted by Crippen LogP contribution is 2.21. The minimum Gasteiger partial charge on any atom is -0.508 e. The second kappa shape index (κ2) is 5.36. The van der Waals surface area contributed by atoms with E-state index in [1.807, 2.05) is 30.3 Å². The largest absolute Gasteiger partial charge is 0.508 e. The Morgan fingerprint density at radius 3 is 2.78 bits per heavy atom. The predicted octanol–water partition coefficient (Wildman–Crippen LogP) is 3.12. The van der Waals surface area contributed by atoms with Crippen LogP contribution < -0.4 is 0 Å². The molecule has 0 aliphatic carbocycles. The van der Waals surface area contributed by atoms with E-state index in [0.29, 0.717) is 0 Å². The molecule has 0 bridgehead atoms. The van der Waals surface area contributed by atoms with Crippen molar-refractivity contribution in [1.82, 2.24) is 0 Å². The van der Waals surface area contributed by atoms with Crippen molar-refractivity contribution in [1.29, 1.82) is 0 Å². The number of methoxy groups -OCH3 is 1. The molecular weight excluding hydrogens is 228 g/mol. The SMILES string of the molecule is COC(=O)CC=Cc1ccc2ccc(O)cc2c1. The summed E-state index contributed by atoms with van der Waals surface area (Å²) in [5.41, 5.74) is 0.983. The number of ether oxygens (including phenoxy) is 1. The summed E-state index contributed by atoms with van der Waals surface area (Å²) in [4.78, 5) is 11.0. The number of fused-ring (bicyclic) bond motifs is 1. The molecule has 0 radical (unpaired) electrons. The topological polar surface area (TPSA) is 46.5 Å². The summed E-state index contributed by atoms with van der Waals surface area (Å²) in [5, 5.41) is 11.5. The van der Waals surface area contributed by atoms with Crippen LogP contribution in [0.1, 0.15) is 12.0 Å². The second-order valence-corrected chi connectivity index (χ2v) is 3.97. The predicted molar refractivity (Wildman–Crippen MR) is 71.3 cm³/mol. The number of hydrogen-bond donors (Lipinski definition) is 1. The highest BCUT2D eigenvalue weighted by Gasteiger charge is 1.97. The van der Waals surface area contributed by atoms with Gasteiger partial charge in [-0.15, -0.1) is 0 Å². The number of carbonyl (C=O) groups excluding carboxylic acids is 1. The minimum atomic E-state index is -0.260. The molecule has 2 aromatic rings. The van der Waals surface area contributed by atoms with Crippen LogP contribution >= 0.6 is 0 Å². The number of hydrogen-bond acceptors (Lipinski definition) is 3. The maximum atomic E-state index is 11.0. The van der Waals surface area contributed by atoms with E-state index in [2.05, 4.69) is 4.74 Å². The lowest BCUT2D eigenvalue weighted by atomic mass is 10.1. The van der Waals surface area contributed by atoms with Crippen LogP contribution in [0.4, 0.5) is 0 Å². The maximum Gasteiger partial charge on any atom is 0.309 e. The molecule has 0 heterocycles. The second-order valence-electron chi connectivity index (χ2n) is 3.97. The molecule has 0 aromatic heterocycles. The van der Waals surface area contributed by atoms with Gasteiger partial charge in [0.2, 0.25) is 0 Å². The van der Waals surface area contributed by atoms with Gasteiger partial charge in [-0.05, 0) is 34.5 Å². The third-order valence-electron chi connectivity index (χ3n) is 2.67. The lowest BCUT2D eigenvalue weighted by Crippen LogP contribution is -1.96. The zero-order chi connectivity index (χ0) is 13.0. The number of esters is 1. The van der Waals surface area contributed by atoms with Gasteiger partial charge in [0.25, 0.3) is 0 Å². The van der Waals surface area contributed by atoms with Gasteiger partial charge in [0.05, 0.1) is 13.5 Å². The molecule has 0 saturated heterocycles. The standard InChI is InChI=1S/C15H14O3/c1-18-15(17)4-2-3-11-5-6-12-7-8-14(16)10-13(12)9-11/h2-3,5-10,16H,4H2,1H3. The zero-order valence-electron chi connectivity index (χ0n) is 10.1. The molecule has 0 unspecified atom stereocenters. The Morgan fingerprint density at radius 2 is 2.00 bits per heavy atom. The summed E-state index contributed by atoms with van der Waals surface area (Å²) in [7, 11) is 1.37. The van der Waals surface area contributed by atoms with E-state index in [9.17, 15) is 9.90 Å². The van der Waals surface area contributed by atoms with Crippen LogP contribution in [-0.2, 0) is 9.53 Å². The van der Waals surface area contributed by atoms with Gasteiger partial charge in [0.1, 0.15) is 5.75 Å². The third kappa shape index (κ3) is 2.88. The Labute approximate surface area is 105 Å². The van der Waals surface area contributed by atoms with Crippen LogP contribution in [0.5, 0.6) is 5.75 Å². The fraction of sp³-hybridized carbons (Fsp3) is 0.133. The summed E-state index contributed by atoms with van der Waals surface area (Å²) in [6.45, 7) is 0. The first kappa shape index (κ1) is 12.2. The molecule has 0 amide bonds. The van der Waals surface area contributed by atoms with E-state index in [4.69, 9.17) is 0 Å². The molecule has 0 atom stereocenters. The lowest BCUT2D eigenvalue weighted by Gasteiger charge is -2.00. The summed E-state index contributed by atoms with van der Waals surface area (Å²) in [5.74, 6) is -0.0112. The molecule has 3 heteroatoms. The number of aromatic hydroxyl groups is 1. The fourth-order valence-corrected chi connectivity index (χ4v) is 1.73. The molecule has 0 aliphatic rings. The van der Waals surface area contributed by atoms with Crippen molar-refractivity contribution in [2.75, 3.05) is 7.11 Å². The molecule has 0 spiro atoms. The van der Waals surface area contributed by atoms with E-state index in [0.717, 1.165) is 16.3 Å². The van der Waals surface area contributed by atoms with Crippen LogP contribution in [0.2, 0.25) is 0 Å². The molecule has 0 fully saturated rings.